The predicted molar refractivity (Wildman–Crippen MR) is 330 cm³/mol. The van der Waals surface area contributed by atoms with Crippen LogP contribution >= 0.6 is 0 Å². The van der Waals surface area contributed by atoms with Crippen LogP contribution in [-0.4, -0.2) is 27.6 Å². The van der Waals surface area contributed by atoms with E-state index in [9.17, 15) is 26.3 Å². The van der Waals surface area contributed by atoms with E-state index in [2.05, 4.69) is 48.5 Å². The third-order valence-corrected chi connectivity index (χ3v) is 20.9. The Labute approximate surface area is 507 Å². The molecule has 13 aromatic rings. The molecular weight excluding hydrogens is 1190 g/mol. The molecule has 0 bridgehead atoms. The Morgan fingerprint density at radius 3 is 1.04 bits per heavy atom. The minimum absolute atomic E-state index is 0.0395. The van der Waals surface area contributed by atoms with Gasteiger partial charge in [-0.2, -0.15) is 52.7 Å². The molecule has 4 nitrogen and oxygen atoms in total. The summed E-state index contributed by atoms with van der Waals surface area (Å²) < 4.78 is 176. The van der Waals surface area contributed by atoms with E-state index in [-0.39, 0.29) is 57.5 Å². The van der Waals surface area contributed by atoms with Gasteiger partial charge in [0.15, 0.2) is 25.5 Å². The highest BCUT2D eigenvalue weighted by Gasteiger charge is 2.43. The molecule has 0 spiro atoms. The summed E-state index contributed by atoms with van der Waals surface area (Å²) in [6.07, 6.45) is -20.8. The lowest BCUT2D eigenvalue weighted by atomic mass is 9.95. The number of rotatable bonds is 11. The molecule has 11 aromatic carbocycles. The van der Waals surface area contributed by atoms with Gasteiger partial charge in [0.25, 0.3) is 0 Å². The van der Waals surface area contributed by atoms with Crippen molar-refractivity contribution in [3.05, 3.63) is 289 Å². The lowest BCUT2D eigenvalue weighted by molar-refractivity contribution is -0.144. The van der Waals surface area contributed by atoms with Crippen LogP contribution < -0.4 is 20.7 Å². The van der Waals surface area contributed by atoms with Gasteiger partial charge >= 0.3 is 24.7 Å². The monoisotopic (exact) mass is 1230 g/mol. The summed E-state index contributed by atoms with van der Waals surface area (Å²) in [7, 11) is -3.20. The first-order valence-corrected chi connectivity index (χ1v) is 30.1. The molecule has 0 aliphatic rings. The Hall–Kier alpha value is -10.4. The van der Waals surface area contributed by atoms with Crippen molar-refractivity contribution in [3.8, 4) is 73.2 Å². The van der Waals surface area contributed by atoms with Crippen molar-refractivity contribution in [2.45, 2.75) is 24.7 Å². The summed E-state index contributed by atoms with van der Waals surface area (Å²) in [5.41, 5.74) is -4.21. The number of halogens is 12. The molecule has 0 unspecified atom stereocenters. The molecule has 0 N–H and O–H groups in total. The number of aromatic nitrogens is 4. The fraction of sp³-hybridized carbons (Fsp3) is 0.0548. The Kier molecular flexibility index (Phi) is 14.7. The second-order valence-electron chi connectivity index (χ2n) is 21.5. The van der Waals surface area contributed by atoms with E-state index in [0.717, 1.165) is 32.9 Å². The molecule has 0 amide bonds. The van der Waals surface area contributed by atoms with E-state index >= 15 is 26.3 Å². The van der Waals surface area contributed by atoms with Crippen molar-refractivity contribution < 1.29 is 52.7 Å². The average molecular weight is 1230 g/mol. The maximum Gasteiger partial charge on any atom is 0.417 e. The summed E-state index contributed by atoms with van der Waals surface area (Å²) in [5, 5.41) is 4.98. The van der Waals surface area contributed by atoms with Crippen molar-refractivity contribution >= 4 is 50.6 Å². The molecule has 0 saturated carbocycles. The highest BCUT2D eigenvalue weighted by molar-refractivity contribution is 7.19. The van der Waals surface area contributed by atoms with Crippen molar-refractivity contribution in [2.75, 3.05) is 0 Å². The second-order valence-corrected chi connectivity index (χ2v) is 25.3. The first-order valence-electron chi connectivity index (χ1n) is 28.1. The molecule has 0 aliphatic heterocycles. The van der Waals surface area contributed by atoms with E-state index < -0.39 is 66.2 Å². The summed E-state index contributed by atoms with van der Waals surface area (Å²) >= 11 is 0. The lowest BCUT2D eigenvalue weighted by Gasteiger charge is -2.34. The summed E-state index contributed by atoms with van der Waals surface area (Å²) in [6.45, 7) is 0. The molecule has 2 heterocycles. The van der Waals surface area contributed by atoms with Gasteiger partial charge < -0.3 is 4.57 Å². The van der Waals surface area contributed by atoms with Crippen LogP contribution in [-0.2, 0) is 24.7 Å². The molecule has 90 heavy (non-hydrogen) atoms. The smallest absolute Gasteiger partial charge is 0.309 e. The molecular formula is C73H44F12N4Si. The zero-order valence-corrected chi connectivity index (χ0v) is 47.7. The van der Waals surface area contributed by atoms with E-state index in [4.69, 9.17) is 15.0 Å². The van der Waals surface area contributed by atoms with E-state index in [1.165, 1.54) is 36.4 Å². The fourth-order valence-corrected chi connectivity index (χ4v) is 16.9. The number of alkyl halides is 12. The third kappa shape index (κ3) is 10.9. The van der Waals surface area contributed by atoms with Crippen LogP contribution in [0, 0.1) is 0 Å². The van der Waals surface area contributed by atoms with E-state index in [1.807, 2.05) is 133 Å². The minimum atomic E-state index is -5.28. The van der Waals surface area contributed by atoms with Crippen LogP contribution in [0.3, 0.4) is 0 Å². The number of hydrogen-bond donors (Lipinski definition) is 0. The summed E-state index contributed by atoms with van der Waals surface area (Å²) in [6, 6.07) is 73.4. The van der Waals surface area contributed by atoms with E-state index in [0.29, 0.717) is 50.7 Å². The number of hydrogen-bond acceptors (Lipinski definition) is 3. The molecule has 2 aromatic heterocycles. The van der Waals surface area contributed by atoms with Crippen LogP contribution in [0.5, 0.6) is 0 Å². The highest BCUT2D eigenvalue weighted by atomic mass is 28.3. The average Bonchev–Trinajstić information content (AvgIpc) is 1.04. The molecule has 0 saturated heterocycles. The third-order valence-electron chi connectivity index (χ3n) is 16.1. The first-order chi connectivity index (χ1) is 43.1. The fourth-order valence-electron chi connectivity index (χ4n) is 12.1. The van der Waals surface area contributed by atoms with Crippen molar-refractivity contribution in [1.82, 2.24) is 19.5 Å². The van der Waals surface area contributed by atoms with Gasteiger partial charge in [-0.3, -0.25) is 0 Å². The molecule has 17 heteroatoms. The quantitative estimate of drug-likeness (QED) is 0.0736. The summed E-state index contributed by atoms with van der Waals surface area (Å²) in [5.74, 6) is 0.728. The van der Waals surface area contributed by atoms with Gasteiger partial charge in [0.05, 0.1) is 33.3 Å². The SMILES string of the molecule is FC(F)(F)c1ccc(-c2ccc3c4ccc(-c5ccc(C(F)(F)F)cc5C(F)(F)F)cc4n(-c4ccc(-c5cccc([Si](c6ccccc6)(c6ccccc6)c6ccccc6)c5)c(-c5nc(-c6ccccc6)nc(-c6ccccc6)n5)c4)c3c2)c(C(F)(F)F)c1. The highest BCUT2D eigenvalue weighted by Crippen LogP contribution is 2.46. The lowest BCUT2D eigenvalue weighted by Crippen LogP contribution is -2.74. The Morgan fingerprint density at radius 1 is 0.267 bits per heavy atom. The number of nitrogens with zero attached hydrogens (tertiary/aromatic N) is 4. The van der Waals surface area contributed by atoms with Crippen LogP contribution in [0.25, 0.3) is 95.0 Å². The molecule has 0 fully saturated rings. The summed E-state index contributed by atoms with van der Waals surface area (Å²) in [4.78, 5) is 15.3. The second kappa shape index (κ2) is 22.6. The molecule has 13 rings (SSSR count). The molecule has 0 aliphatic carbocycles. The molecule has 0 atom stereocenters. The maximum atomic E-state index is 15.0. The van der Waals surface area contributed by atoms with Gasteiger partial charge in [-0.15, -0.1) is 0 Å². The van der Waals surface area contributed by atoms with Gasteiger partial charge in [-0.1, -0.05) is 218 Å². The zero-order valence-electron chi connectivity index (χ0n) is 46.7. The van der Waals surface area contributed by atoms with Crippen molar-refractivity contribution in [3.63, 3.8) is 0 Å². The van der Waals surface area contributed by atoms with Gasteiger partial charge in [0.1, 0.15) is 0 Å². The van der Waals surface area contributed by atoms with Gasteiger partial charge in [-0.25, -0.2) is 15.0 Å². The van der Waals surface area contributed by atoms with Crippen LogP contribution in [0.2, 0.25) is 0 Å². The normalized spacial score (nSPS) is 12.4. The van der Waals surface area contributed by atoms with Gasteiger partial charge in [-0.05, 0) is 103 Å². The van der Waals surface area contributed by atoms with E-state index in [1.54, 1.807) is 16.7 Å². The number of benzene rings is 11. The molecule has 0 radical (unpaired) electrons. The predicted octanol–water partition coefficient (Wildman–Crippen LogP) is 18.4. The van der Waals surface area contributed by atoms with Crippen LogP contribution in [0.4, 0.5) is 52.7 Å². The van der Waals surface area contributed by atoms with Gasteiger partial charge in [0, 0.05) is 33.2 Å². The maximum absolute atomic E-state index is 15.0. The van der Waals surface area contributed by atoms with Crippen molar-refractivity contribution in [1.29, 1.82) is 0 Å². The van der Waals surface area contributed by atoms with Crippen LogP contribution in [0.15, 0.2) is 267 Å². The first kappa shape index (κ1) is 58.6. The zero-order chi connectivity index (χ0) is 62.7. The largest absolute Gasteiger partial charge is 0.417 e. The number of fused-ring (bicyclic) bond motifs is 3. The standard InChI is InChI=1S/C73H44F12N4Si/c74-70(75,76)50-31-36-58(63(42-50)72(80,81)82)48-29-34-60-61-35-30-49(59-37-32-51(71(77,78)79)43-64(59)73(83,84)85)41-66(61)89(65(60)40-48)52-33-38-57(62(44-52)69-87-67(45-17-6-1-7-18-45)86-68(88-69)46-19-8-2-9-20-46)47-21-16-28-56(39-47)90(53-22-10-3-11-23-53,54-24-12-4-13-25-54)55-26-14-5-15-27-55/h1-44H. The van der Waals surface area contributed by atoms with Crippen LogP contribution in [0.1, 0.15) is 22.3 Å². The minimum Gasteiger partial charge on any atom is -0.309 e. The van der Waals surface area contributed by atoms with Gasteiger partial charge in [0.2, 0.25) is 0 Å². The Balaban J connectivity index is 1.12. The topological polar surface area (TPSA) is 43.6 Å². The Morgan fingerprint density at radius 2 is 0.633 bits per heavy atom. The van der Waals surface area contributed by atoms with Crippen molar-refractivity contribution in [2.24, 2.45) is 0 Å². The Bertz CT molecular complexity index is 4530. The molecule has 444 valence electrons.